The van der Waals surface area contributed by atoms with E-state index in [1.54, 1.807) is 0 Å². The molecule has 4 heteroatoms. The summed E-state index contributed by atoms with van der Waals surface area (Å²) in [6, 6.07) is 17.3. The van der Waals surface area contributed by atoms with E-state index in [1.807, 2.05) is 0 Å². The van der Waals surface area contributed by atoms with Crippen LogP contribution in [0.3, 0.4) is 0 Å². The Bertz CT molecular complexity index is 887. The Morgan fingerprint density at radius 3 is 2.41 bits per heavy atom. The number of hydrogen-bond acceptors (Lipinski definition) is 3. The fourth-order valence-electron chi connectivity index (χ4n) is 5.21. The molecule has 154 valence electrons. The lowest BCUT2D eigenvalue weighted by Gasteiger charge is -2.52. The molecule has 0 aliphatic carbocycles. The fourth-order valence-corrected chi connectivity index (χ4v) is 5.21. The van der Waals surface area contributed by atoms with Crippen molar-refractivity contribution >= 4 is 11.6 Å². The van der Waals surface area contributed by atoms with E-state index in [0.717, 1.165) is 25.2 Å². The Morgan fingerprint density at radius 1 is 1.03 bits per heavy atom. The lowest BCUT2D eigenvalue weighted by atomic mass is 9.65. The second-order valence-corrected chi connectivity index (χ2v) is 9.33. The molecule has 4 rings (SSSR count). The first-order valence-electron chi connectivity index (χ1n) is 10.6. The van der Waals surface area contributed by atoms with Gasteiger partial charge in [0.1, 0.15) is 0 Å². The summed E-state index contributed by atoms with van der Waals surface area (Å²) in [5.74, 6) is 0.178. The molecule has 29 heavy (non-hydrogen) atoms. The van der Waals surface area contributed by atoms with Crippen molar-refractivity contribution in [3.05, 3.63) is 65.2 Å². The average molecular weight is 393 g/mol. The molecule has 2 aliphatic rings. The van der Waals surface area contributed by atoms with Gasteiger partial charge in [-0.2, -0.15) is 0 Å². The Labute approximate surface area is 174 Å². The zero-order valence-corrected chi connectivity index (χ0v) is 18.1. The number of benzene rings is 2. The van der Waals surface area contributed by atoms with Gasteiger partial charge in [-0.05, 0) is 44.4 Å². The molecular formula is C25H32N2O2. The van der Waals surface area contributed by atoms with E-state index in [9.17, 15) is 4.79 Å². The van der Waals surface area contributed by atoms with E-state index in [1.165, 1.54) is 16.7 Å². The van der Waals surface area contributed by atoms with Gasteiger partial charge in [0.2, 0.25) is 5.91 Å². The molecule has 0 N–H and O–H groups in total. The van der Waals surface area contributed by atoms with Gasteiger partial charge in [0.05, 0.1) is 19.8 Å². The van der Waals surface area contributed by atoms with Crippen LogP contribution >= 0.6 is 0 Å². The zero-order chi connectivity index (χ0) is 20.6. The second kappa shape index (κ2) is 7.58. The maximum Gasteiger partial charge on any atom is 0.241 e. The summed E-state index contributed by atoms with van der Waals surface area (Å²) >= 11 is 0. The molecule has 2 heterocycles. The van der Waals surface area contributed by atoms with Crippen molar-refractivity contribution in [1.82, 2.24) is 4.90 Å². The smallest absolute Gasteiger partial charge is 0.241 e. The third-order valence-corrected chi connectivity index (χ3v) is 6.50. The molecule has 2 aromatic carbocycles. The van der Waals surface area contributed by atoms with Crippen LogP contribution in [0.1, 0.15) is 43.9 Å². The normalized spacial score (nSPS) is 24.2. The molecular weight excluding hydrogens is 360 g/mol. The number of ether oxygens (including phenoxy) is 1. The first kappa shape index (κ1) is 20.1. The third-order valence-electron chi connectivity index (χ3n) is 6.50. The van der Waals surface area contributed by atoms with Gasteiger partial charge in [-0.25, -0.2) is 0 Å². The van der Waals surface area contributed by atoms with Crippen molar-refractivity contribution in [3.63, 3.8) is 0 Å². The summed E-state index contributed by atoms with van der Waals surface area (Å²) < 4.78 is 5.45. The van der Waals surface area contributed by atoms with Crippen molar-refractivity contribution in [2.75, 3.05) is 37.7 Å². The van der Waals surface area contributed by atoms with Crippen LogP contribution in [0.5, 0.6) is 0 Å². The highest BCUT2D eigenvalue weighted by atomic mass is 16.5. The van der Waals surface area contributed by atoms with E-state index in [2.05, 4.69) is 86.0 Å². The van der Waals surface area contributed by atoms with Crippen molar-refractivity contribution in [2.24, 2.45) is 0 Å². The molecule has 0 bridgehead atoms. The number of carbonyl (C=O) groups is 1. The molecule has 2 aliphatic heterocycles. The summed E-state index contributed by atoms with van der Waals surface area (Å²) in [6.07, 6.45) is 0.884. The minimum atomic E-state index is -0.282. The van der Waals surface area contributed by atoms with E-state index >= 15 is 0 Å². The van der Waals surface area contributed by atoms with Crippen LogP contribution in [0, 0.1) is 6.92 Å². The Kier molecular flexibility index (Phi) is 5.26. The van der Waals surface area contributed by atoms with E-state index in [4.69, 9.17) is 4.74 Å². The molecule has 1 unspecified atom stereocenters. The van der Waals surface area contributed by atoms with Gasteiger partial charge in [-0.3, -0.25) is 9.69 Å². The Balaban J connectivity index is 1.77. The molecule has 0 aromatic heterocycles. The predicted molar refractivity (Wildman–Crippen MR) is 118 cm³/mol. The van der Waals surface area contributed by atoms with Crippen LogP contribution < -0.4 is 4.90 Å². The average Bonchev–Trinajstić information content (AvgIpc) is 2.69. The number of carbonyl (C=O) groups excluding carboxylic acids is 1. The SMILES string of the molecule is Cc1ccc2c(c1)C(C)(c1ccccc1)CC(C)(C)N2C(=O)CN1CCOCC1. The summed E-state index contributed by atoms with van der Waals surface area (Å²) in [6.45, 7) is 12.4. The zero-order valence-electron chi connectivity index (χ0n) is 18.1. The standard InChI is InChI=1S/C25H32N2O2/c1-19-10-11-22-21(16-19)25(4,20-8-6-5-7-9-20)18-24(2,3)27(22)23(28)17-26-12-14-29-15-13-26/h5-11,16H,12-15,17-18H2,1-4H3. The maximum atomic E-state index is 13.5. The number of rotatable bonds is 3. The number of amides is 1. The summed E-state index contributed by atoms with van der Waals surface area (Å²) in [5, 5.41) is 0. The number of anilines is 1. The monoisotopic (exact) mass is 392 g/mol. The molecule has 0 spiro atoms. The minimum Gasteiger partial charge on any atom is -0.379 e. The number of hydrogen-bond donors (Lipinski definition) is 0. The van der Waals surface area contributed by atoms with E-state index in [-0.39, 0.29) is 16.9 Å². The summed E-state index contributed by atoms with van der Waals surface area (Å²) in [7, 11) is 0. The predicted octanol–water partition coefficient (Wildman–Crippen LogP) is 4.15. The maximum absolute atomic E-state index is 13.5. The van der Waals surface area contributed by atoms with Crippen molar-refractivity contribution in [3.8, 4) is 0 Å². The molecule has 1 amide bonds. The van der Waals surface area contributed by atoms with Crippen molar-refractivity contribution in [1.29, 1.82) is 0 Å². The third kappa shape index (κ3) is 3.72. The number of nitrogens with zero attached hydrogens (tertiary/aromatic N) is 2. The highest BCUT2D eigenvalue weighted by Gasteiger charge is 2.47. The quantitative estimate of drug-likeness (QED) is 0.787. The largest absolute Gasteiger partial charge is 0.379 e. The topological polar surface area (TPSA) is 32.8 Å². The first-order chi connectivity index (χ1) is 13.8. The Hall–Kier alpha value is -2.17. The number of fused-ring (bicyclic) bond motifs is 1. The van der Waals surface area contributed by atoms with Gasteiger partial charge in [-0.15, -0.1) is 0 Å². The highest BCUT2D eigenvalue weighted by molar-refractivity contribution is 5.98. The first-order valence-corrected chi connectivity index (χ1v) is 10.6. The van der Waals surface area contributed by atoms with Crippen LogP contribution in [0.25, 0.3) is 0 Å². The van der Waals surface area contributed by atoms with Gasteiger partial charge in [-0.1, -0.05) is 55.0 Å². The van der Waals surface area contributed by atoms with Crippen LogP contribution in [0.2, 0.25) is 0 Å². The van der Waals surface area contributed by atoms with Crippen molar-refractivity contribution < 1.29 is 9.53 Å². The highest BCUT2D eigenvalue weighted by Crippen LogP contribution is 2.50. The van der Waals surface area contributed by atoms with Gasteiger partial charge >= 0.3 is 0 Å². The molecule has 4 nitrogen and oxygen atoms in total. The van der Waals surface area contributed by atoms with Crippen LogP contribution in [-0.4, -0.2) is 49.2 Å². The van der Waals surface area contributed by atoms with Crippen molar-refractivity contribution in [2.45, 2.75) is 45.1 Å². The van der Waals surface area contributed by atoms with E-state index in [0.29, 0.717) is 19.8 Å². The minimum absolute atomic E-state index is 0.137. The summed E-state index contributed by atoms with van der Waals surface area (Å²) in [5.41, 5.74) is 4.42. The van der Waals surface area contributed by atoms with E-state index < -0.39 is 0 Å². The van der Waals surface area contributed by atoms with Gasteiger partial charge in [0.25, 0.3) is 0 Å². The lowest BCUT2D eigenvalue weighted by Crippen LogP contribution is -2.58. The number of aryl methyl sites for hydroxylation is 1. The molecule has 0 saturated carbocycles. The summed E-state index contributed by atoms with van der Waals surface area (Å²) in [4.78, 5) is 17.8. The van der Waals surface area contributed by atoms with Gasteiger partial charge in [0.15, 0.2) is 0 Å². The second-order valence-electron chi connectivity index (χ2n) is 9.33. The molecule has 2 aromatic rings. The molecule has 0 radical (unpaired) electrons. The fraction of sp³-hybridized carbons (Fsp3) is 0.480. The molecule has 1 atom stereocenters. The van der Waals surface area contributed by atoms with Crippen LogP contribution in [-0.2, 0) is 14.9 Å². The Morgan fingerprint density at radius 2 is 1.72 bits per heavy atom. The lowest BCUT2D eigenvalue weighted by molar-refractivity contribution is -0.122. The van der Waals surface area contributed by atoms with Crippen LogP contribution in [0.4, 0.5) is 5.69 Å². The van der Waals surface area contributed by atoms with Gasteiger partial charge < -0.3 is 9.64 Å². The van der Waals surface area contributed by atoms with Crippen LogP contribution in [0.15, 0.2) is 48.5 Å². The molecule has 1 saturated heterocycles. The number of morpholine rings is 1. The molecule has 1 fully saturated rings. The van der Waals surface area contributed by atoms with Gasteiger partial charge in [0, 0.05) is 29.7 Å².